The van der Waals surface area contributed by atoms with Crippen molar-refractivity contribution in [1.29, 1.82) is 0 Å². The molecule has 0 saturated heterocycles. The quantitative estimate of drug-likeness (QED) is 0.569. The molecule has 136 valence electrons. The molecule has 0 amide bonds. The topological polar surface area (TPSA) is 129 Å². The second-order valence-corrected chi connectivity index (χ2v) is 7.58. The Labute approximate surface area is 144 Å². The highest BCUT2D eigenvalue weighted by Crippen LogP contribution is 2.48. The van der Waals surface area contributed by atoms with Crippen LogP contribution in [0.3, 0.4) is 0 Å². The van der Waals surface area contributed by atoms with Gasteiger partial charge in [-0.3, -0.25) is 30.3 Å². The fourth-order valence-electron chi connectivity index (χ4n) is 3.68. The van der Waals surface area contributed by atoms with Gasteiger partial charge >= 0.3 is 0 Å². The molecule has 25 heavy (non-hydrogen) atoms. The number of hydrogen-bond donors (Lipinski definition) is 0. The van der Waals surface area contributed by atoms with E-state index in [0.29, 0.717) is 18.8 Å². The zero-order chi connectivity index (χ0) is 18.9. The minimum Gasteiger partial charge on any atom is -0.258 e. The van der Waals surface area contributed by atoms with Crippen molar-refractivity contribution in [2.75, 3.05) is 0 Å². The maximum Gasteiger partial charge on any atom is 0.286 e. The summed E-state index contributed by atoms with van der Waals surface area (Å²) in [4.78, 5) is 31.4. The van der Waals surface area contributed by atoms with E-state index in [0.717, 1.165) is 25.0 Å². The summed E-state index contributed by atoms with van der Waals surface area (Å²) in [6.45, 7) is 6.40. The lowest BCUT2D eigenvalue weighted by Crippen LogP contribution is -2.25. The molecule has 0 bridgehead atoms. The Morgan fingerprint density at radius 1 is 0.840 bits per heavy atom. The number of benzene rings is 1. The third kappa shape index (κ3) is 3.92. The van der Waals surface area contributed by atoms with Gasteiger partial charge in [0.1, 0.15) is 5.56 Å². The van der Waals surface area contributed by atoms with Gasteiger partial charge in [0, 0.05) is 0 Å². The van der Waals surface area contributed by atoms with Crippen molar-refractivity contribution < 1.29 is 14.8 Å². The Morgan fingerprint density at radius 3 is 1.60 bits per heavy atom. The summed E-state index contributed by atoms with van der Waals surface area (Å²) in [5, 5.41) is 33.7. The molecule has 1 aliphatic carbocycles. The van der Waals surface area contributed by atoms with Crippen LogP contribution in [0, 0.1) is 41.7 Å². The molecule has 0 unspecified atom stereocenters. The summed E-state index contributed by atoms with van der Waals surface area (Å²) in [5.74, 6) is 0.111. The van der Waals surface area contributed by atoms with Crippen molar-refractivity contribution in [3.05, 3.63) is 48.0 Å². The lowest BCUT2D eigenvalue weighted by molar-refractivity contribution is -0.404. The van der Waals surface area contributed by atoms with E-state index in [1.807, 2.05) is 0 Å². The Balaban J connectivity index is 2.48. The van der Waals surface area contributed by atoms with E-state index < -0.39 is 31.8 Å². The van der Waals surface area contributed by atoms with Gasteiger partial charge in [0.2, 0.25) is 0 Å². The van der Waals surface area contributed by atoms with Crippen LogP contribution < -0.4 is 0 Å². The molecule has 1 aliphatic rings. The number of nitro groups is 3. The third-order valence-electron chi connectivity index (χ3n) is 5.09. The van der Waals surface area contributed by atoms with Gasteiger partial charge in [-0.2, -0.15) is 0 Å². The van der Waals surface area contributed by atoms with E-state index in [4.69, 9.17) is 0 Å². The zero-order valence-electron chi connectivity index (χ0n) is 14.4. The van der Waals surface area contributed by atoms with Crippen molar-refractivity contribution in [2.24, 2.45) is 11.3 Å². The molecular formula is C16H21N3O6. The molecule has 0 spiro atoms. The highest BCUT2D eigenvalue weighted by molar-refractivity contribution is 5.62. The molecule has 0 N–H and O–H groups in total. The van der Waals surface area contributed by atoms with Gasteiger partial charge in [-0.15, -0.1) is 0 Å². The van der Waals surface area contributed by atoms with Crippen LogP contribution >= 0.6 is 0 Å². The van der Waals surface area contributed by atoms with Crippen LogP contribution in [0.5, 0.6) is 0 Å². The first-order chi connectivity index (χ1) is 11.5. The fraction of sp³-hybridized carbons (Fsp3) is 0.625. The molecule has 0 aliphatic heterocycles. The average Bonchev–Trinajstić information content (AvgIpc) is 2.52. The van der Waals surface area contributed by atoms with Gasteiger partial charge in [-0.05, 0) is 42.9 Å². The van der Waals surface area contributed by atoms with E-state index in [2.05, 4.69) is 20.8 Å². The molecule has 0 radical (unpaired) electrons. The smallest absolute Gasteiger partial charge is 0.258 e. The number of rotatable bonds is 4. The SMILES string of the molecule is CC(C)(C)C1CCC(c2c([N+](=O)[O-])cc([N+](=O)[O-])cc2[N+](=O)[O-])CC1. The van der Waals surface area contributed by atoms with Crippen LogP contribution in [0.1, 0.15) is 57.9 Å². The van der Waals surface area contributed by atoms with Gasteiger partial charge in [0.15, 0.2) is 0 Å². The van der Waals surface area contributed by atoms with Crippen molar-refractivity contribution in [3.8, 4) is 0 Å². The third-order valence-corrected chi connectivity index (χ3v) is 5.09. The Kier molecular flexibility index (Phi) is 5.05. The molecule has 9 heteroatoms. The minimum atomic E-state index is -0.847. The zero-order valence-corrected chi connectivity index (χ0v) is 14.4. The predicted molar refractivity (Wildman–Crippen MR) is 90.6 cm³/mol. The van der Waals surface area contributed by atoms with Crippen LogP contribution in [-0.2, 0) is 0 Å². The molecule has 0 atom stereocenters. The fourth-order valence-corrected chi connectivity index (χ4v) is 3.68. The van der Waals surface area contributed by atoms with Crippen molar-refractivity contribution in [3.63, 3.8) is 0 Å². The molecule has 0 aromatic heterocycles. The highest BCUT2D eigenvalue weighted by Gasteiger charge is 2.38. The maximum atomic E-state index is 11.4. The maximum absolute atomic E-state index is 11.4. The first kappa shape index (κ1) is 18.8. The average molecular weight is 351 g/mol. The number of hydrogen-bond acceptors (Lipinski definition) is 6. The van der Waals surface area contributed by atoms with Gasteiger partial charge < -0.3 is 0 Å². The molecule has 9 nitrogen and oxygen atoms in total. The van der Waals surface area contributed by atoms with Crippen LogP contribution in [0.25, 0.3) is 0 Å². The Bertz CT molecular complexity index is 682. The second kappa shape index (κ2) is 6.73. The molecule has 1 aromatic carbocycles. The summed E-state index contributed by atoms with van der Waals surface area (Å²) in [6, 6.07) is 1.66. The lowest BCUT2D eigenvalue weighted by Gasteiger charge is -2.36. The largest absolute Gasteiger partial charge is 0.286 e. The summed E-state index contributed by atoms with van der Waals surface area (Å²) in [7, 11) is 0. The monoisotopic (exact) mass is 351 g/mol. The van der Waals surface area contributed by atoms with Gasteiger partial charge in [0.05, 0.1) is 26.9 Å². The summed E-state index contributed by atoms with van der Waals surface area (Å²) >= 11 is 0. The van der Waals surface area contributed by atoms with E-state index in [9.17, 15) is 30.3 Å². The highest BCUT2D eigenvalue weighted by atomic mass is 16.6. The molecule has 1 saturated carbocycles. The van der Waals surface area contributed by atoms with E-state index >= 15 is 0 Å². The molecule has 1 aromatic rings. The summed E-state index contributed by atoms with van der Waals surface area (Å²) in [6.07, 6.45) is 2.84. The van der Waals surface area contributed by atoms with Gasteiger partial charge in [-0.1, -0.05) is 20.8 Å². The van der Waals surface area contributed by atoms with Crippen molar-refractivity contribution >= 4 is 17.1 Å². The van der Waals surface area contributed by atoms with Crippen LogP contribution in [-0.4, -0.2) is 14.8 Å². The van der Waals surface area contributed by atoms with E-state index in [1.165, 1.54) is 0 Å². The number of non-ortho nitro benzene ring substituents is 1. The first-order valence-electron chi connectivity index (χ1n) is 8.13. The molecule has 2 rings (SSSR count). The number of nitrogens with zero attached hydrogens (tertiary/aromatic N) is 3. The van der Waals surface area contributed by atoms with Crippen molar-refractivity contribution in [1.82, 2.24) is 0 Å². The van der Waals surface area contributed by atoms with E-state index in [1.54, 1.807) is 0 Å². The lowest BCUT2D eigenvalue weighted by atomic mass is 9.68. The number of nitro benzene ring substituents is 3. The standard InChI is InChI=1S/C16H21N3O6/c1-16(2,3)11-6-4-10(5-7-11)15-13(18(22)23)8-12(17(20)21)9-14(15)19(24)25/h8-11H,4-7H2,1-3H3. The normalized spacial score (nSPS) is 20.9. The van der Waals surface area contributed by atoms with Crippen LogP contribution in [0.4, 0.5) is 17.1 Å². The second-order valence-electron chi connectivity index (χ2n) is 7.58. The predicted octanol–water partition coefficient (Wildman–Crippen LogP) is 4.73. The minimum absolute atomic E-state index is 0.0213. The first-order valence-corrected chi connectivity index (χ1v) is 8.13. The molecular weight excluding hydrogens is 330 g/mol. The van der Waals surface area contributed by atoms with E-state index in [-0.39, 0.29) is 16.9 Å². The van der Waals surface area contributed by atoms with Crippen LogP contribution in [0.15, 0.2) is 12.1 Å². The Morgan fingerprint density at radius 2 is 1.28 bits per heavy atom. The summed E-state index contributed by atoms with van der Waals surface area (Å²) in [5.41, 5.74) is -1.56. The Hall–Kier alpha value is -2.58. The van der Waals surface area contributed by atoms with Crippen LogP contribution in [0.2, 0.25) is 0 Å². The molecule has 0 heterocycles. The van der Waals surface area contributed by atoms with Gasteiger partial charge in [0.25, 0.3) is 17.1 Å². The molecule has 1 fully saturated rings. The van der Waals surface area contributed by atoms with Crippen molar-refractivity contribution in [2.45, 2.75) is 52.4 Å². The van der Waals surface area contributed by atoms with Gasteiger partial charge in [-0.25, -0.2) is 0 Å². The summed E-state index contributed by atoms with van der Waals surface area (Å²) < 4.78 is 0.